The molecule has 0 atom stereocenters. The summed E-state index contributed by atoms with van der Waals surface area (Å²) >= 11 is 0. The van der Waals surface area contributed by atoms with Gasteiger partial charge in [-0.3, -0.25) is 0 Å². The number of aromatic carboxylic acids is 3. The van der Waals surface area contributed by atoms with Crippen LogP contribution in [-0.2, 0) is 0 Å². The average Bonchev–Trinajstić information content (AvgIpc) is 2.35. The quantitative estimate of drug-likeness (QED) is 0.730. The minimum atomic E-state index is -1.58. The van der Waals surface area contributed by atoms with E-state index in [1.807, 2.05) is 0 Å². The van der Waals surface area contributed by atoms with E-state index in [1.165, 1.54) is 12.1 Å². The van der Waals surface area contributed by atoms with Gasteiger partial charge in [-0.1, -0.05) is 24.3 Å². The van der Waals surface area contributed by atoms with Crippen LogP contribution in [0.2, 0.25) is 0 Å². The Balaban J connectivity index is 0.00000200. The van der Waals surface area contributed by atoms with Gasteiger partial charge in [0, 0.05) is 68.9 Å². The molecule has 0 fully saturated rings. The summed E-state index contributed by atoms with van der Waals surface area (Å²) in [6, 6.07) is 7.30. The first-order chi connectivity index (χ1) is 8.93. The molecule has 0 unspecified atom stereocenters. The topological polar surface area (TPSA) is 112 Å². The van der Waals surface area contributed by atoms with E-state index in [9.17, 15) is 14.4 Å². The number of fused-ring (bicyclic) bond motifs is 1. The maximum atomic E-state index is 11.3. The second-order valence-corrected chi connectivity index (χ2v) is 3.81. The normalized spacial score (nSPS) is 9.80. The van der Waals surface area contributed by atoms with E-state index in [4.69, 9.17) is 15.3 Å². The molecular weight excluding hydrogens is 385 g/mol. The number of rotatable bonds is 3. The molecule has 0 saturated heterocycles. The molecule has 0 aromatic heterocycles. The van der Waals surface area contributed by atoms with Gasteiger partial charge in [0.05, 0.1) is 16.7 Å². The first-order valence-corrected chi connectivity index (χ1v) is 5.19. The van der Waals surface area contributed by atoms with Crippen molar-refractivity contribution in [1.82, 2.24) is 0 Å². The third kappa shape index (κ3) is 3.08. The zero-order chi connectivity index (χ0) is 14.2. The molecule has 97 valence electrons. The predicted octanol–water partition coefficient (Wildman–Crippen LogP) is 1.55. The van der Waals surface area contributed by atoms with Crippen molar-refractivity contribution >= 4 is 97.6 Å². The first-order valence-electron chi connectivity index (χ1n) is 5.19. The van der Waals surface area contributed by atoms with Gasteiger partial charge in [0.25, 0.3) is 0 Å². The fourth-order valence-electron chi connectivity index (χ4n) is 1.96. The number of hydrogen-bond donors (Lipinski definition) is 3. The van der Waals surface area contributed by atoms with E-state index < -0.39 is 34.6 Å². The van der Waals surface area contributed by atoms with Crippen molar-refractivity contribution in [3.63, 3.8) is 0 Å². The summed E-state index contributed by atoms with van der Waals surface area (Å²) in [4.78, 5) is 33.5. The number of carbonyl (C=O) groups is 3. The van der Waals surface area contributed by atoms with Crippen molar-refractivity contribution in [2.24, 2.45) is 0 Å². The van der Waals surface area contributed by atoms with Gasteiger partial charge in [0.15, 0.2) is 0 Å². The van der Waals surface area contributed by atoms with Gasteiger partial charge >= 0.3 is 17.9 Å². The molecule has 0 aliphatic rings. The van der Waals surface area contributed by atoms with E-state index in [-0.39, 0.29) is 74.3 Å². The fourth-order valence-corrected chi connectivity index (χ4v) is 1.96. The molecule has 3 N–H and O–H groups in total. The summed E-state index contributed by atoms with van der Waals surface area (Å²) in [5.74, 6) is -4.54. The monoisotopic (exact) mass is 393 g/mol. The molecule has 0 aliphatic heterocycles. The van der Waals surface area contributed by atoms with Gasteiger partial charge in [-0.05, 0) is 16.8 Å². The Hall–Kier alpha value is -0.838. The minimum Gasteiger partial charge on any atom is -0.478 e. The maximum absolute atomic E-state index is 11.3. The third-order valence-electron chi connectivity index (χ3n) is 2.71. The van der Waals surface area contributed by atoms with Crippen LogP contribution in [0.15, 0.2) is 30.3 Å². The van der Waals surface area contributed by atoms with E-state index in [0.717, 1.165) is 6.07 Å². The zero-order valence-corrected chi connectivity index (χ0v) is 16.7. The van der Waals surface area contributed by atoms with Gasteiger partial charge in [-0.25, -0.2) is 14.4 Å². The number of benzene rings is 2. The minimum absolute atomic E-state index is 0. The smallest absolute Gasteiger partial charge is 0.337 e. The maximum Gasteiger partial charge on any atom is 0.337 e. The molecule has 0 aliphatic carbocycles. The van der Waals surface area contributed by atoms with Gasteiger partial charge in [-0.2, -0.15) is 0 Å². The SMILES string of the molecule is O=C(O)c1cc2ccccc2c(C(=O)O)c1C(=O)O.[Cs]. The molecule has 2 aromatic carbocycles. The molecule has 6 nitrogen and oxygen atoms in total. The second-order valence-electron chi connectivity index (χ2n) is 3.81. The Bertz CT molecular complexity index is 722. The molecule has 20 heavy (non-hydrogen) atoms. The van der Waals surface area contributed by atoms with Crippen LogP contribution >= 0.6 is 0 Å². The molecule has 2 aromatic rings. The summed E-state index contributed by atoms with van der Waals surface area (Å²) in [7, 11) is 0. The molecule has 7 heteroatoms. The molecule has 2 rings (SSSR count). The molecule has 0 heterocycles. The molecule has 0 spiro atoms. The van der Waals surface area contributed by atoms with Crippen LogP contribution < -0.4 is 0 Å². The Morgan fingerprint density at radius 3 is 1.85 bits per heavy atom. The number of carboxylic acids is 3. The average molecular weight is 393 g/mol. The Morgan fingerprint density at radius 1 is 0.800 bits per heavy atom. The molecular formula is C13H8CsO6. The fraction of sp³-hybridized carbons (Fsp3) is 0. The molecule has 1 radical (unpaired) electrons. The van der Waals surface area contributed by atoms with E-state index in [0.29, 0.717) is 5.39 Å². The molecule has 0 bridgehead atoms. The van der Waals surface area contributed by atoms with Gasteiger partial charge in [-0.15, -0.1) is 0 Å². The van der Waals surface area contributed by atoms with Gasteiger partial charge in [0.1, 0.15) is 0 Å². The Labute approximate surface area is 171 Å². The van der Waals surface area contributed by atoms with E-state index >= 15 is 0 Å². The predicted molar refractivity (Wildman–Crippen MR) is 70.6 cm³/mol. The van der Waals surface area contributed by atoms with Crippen LogP contribution in [0.1, 0.15) is 31.1 Å². The van der Waals surface area contributed by atoms with Crippen molar-refractivity contribution in [2.75, 3.05) is 0 Å². The van der Waals surface area contributed by atoms with Crippen LogP contribution in [0.4, 0.5) is 0 Å². The Kier molecular flexibility index (Phi) is 5.81. The summed E-state index contributed by atoms with van der Waals surface area (Å²) in [5.41, 5.74) is -1.76. The summed E-state index contributed by atoms with van der Waals surface area (Å²) in [6.45, 7) is 0. The summed E-state index contributed by atoms with van der Waals surface area (Å²) in [5, 5.41) is 27.8. The second kappa shape index (κ2) is 6.74. The van der Waals surface area contributed by atoms with Crippen LogP contribution in [0.3, 0.4) is 0 Å². The van der Waals surface area contributed by atoms with E-state index in [2.05, 4.69) is 0 Å². The van der Waals surface area contributed by atoms with Crippen LogP contribution in [0.25, 0.3) is 10.8 Å². The van der Waals surface area contributed by atoms with Crippen LogP contribution in [0, 0.1) is 0 Å². The number of carboxylic acid groups (broad SMARTS) is 3. The van der Waals surface area contributed by atoms with Gasteiger partial charge in [0.2, 0.25) is 0 Å². The number of hydrogen-bond acceptors (Lipinski definition) is 3. The molecule has 0 amide bonds. The van der Waals surface area contributed by atoms with Crippen molar-refractivity contribution in [3.8, 4) is 0 Å². The first kappa shape index (κ1) is 17.2. The van der Waals surface area contributed by atoms with Crippen LogP contribution in [-0.4, -0.2) is 102 Å². The van der Waals surface area contributed by atoms with Crippen molar-refractivity contribution in [2.45, 2.75) is 0 Å². The largest absolute Gasteiger partial charge is 0.478 e. The third-order valence-corrected chi connectivity index (χ3v) is 2.71. The Morgan fingerprint density at radius 2 is 1.35 bits per heavy atom. The van der Waals surface area contributed by atoms with Gasteiger partial charge < -0.3 is 15.3 Å². The molecule has 0 saturated carbocycles. The zero-order valence-electron chi connectivity index (χ0n) is 10.5. The summed E-state index contributed by atoms with van der Waals surface area (Å²) < 4.78 is 0. The van der Waals surface area contributed by atoms with E-state index in [1.54, 1.807) is 12.1 Å². The van der Waals surface area contributed by atoms with Crippen molar-refractivity contribution in [3.05, 3.63) is 47.0 Å². The van der Waals surface area contributed by atoms with Crippen molar-refractivity contribution in [1.29, 1.82) is 0 Å². The van der Waals surface area contributed by atoms with Crippen molar-refractivity contribution < 1.29 is 29.7 Å². The van der Waals surface area contributed by atoms with Crippen LogP contribution in [0.5, 0.6) is 0 Å². The standard InChI is InChI=1S/C13H8O6.Cs/c14-11(15)8-5-6-3-1-2-4-7(6)9(12(16)17)10(8)13(18)19;/h1-5H,(H,14,15)(H,16,17)(H,18,19);. The summed E-state index contributed by atoms with van der Waals surface area (Å²) in [6.07, 6.45) is 0.